The molecule has 1 N–H and O–H groups in total. The van der Waals surface area contributed by atoms with E-state index in [0.29, 0.717) is 5.25 Å². The Bertz CT molecular complexity index is 397. The fraction of sp³-hybridized carbons (Fsp3) is 0.625. The van der Waals surface area contributed by atoms with Crippen LogP contribution in [-0.2, 0) is 0 Å². The first-order valence-corrected chi connectivity index (χ1v) is 8.42. The van der Waals surface area contributed by atoms with Crippen molar-refractivity contribution in [1.29, 1.82) is 0 Å². The number of rotatable bonds is 6. The minimum Gasteiger partial charge on any atom is -0.496 e. The fourth-order valence-electron chi connectivity index (χ4n) is 2.85. The third-order valence-corrected chi connectivity index (χ3v) is 5.25. The van der Waals surface area contributed by atoms with E-state index >= 15 is 0 Å². The number of methoxy groups -OCH3 is 2. The van der Waals surface area contributed by atoms with E-state index in [0.717, 1.165) is 18.0 Å². The summed E-state index contributed by atoms with van der Waals surface area (Å²) >= 11 is 2.07. The summed E-state index contributed by atoms with van der Waals surface area (Å²) in [4.78, 5) is 0. The SMILES string of the molecule is CCNC(c1c(OC)cccc1OC)C1CCCCS1. The highest BCUT2D eigenvalue weighted by atomic mass is 32.2. The zero-order valence-corrected chi connectivity index (χ0v) is 13.5. The van der Waals surface area contributed by atoms with E-state index < -0.39 is 0 Å². The molecule has 4 heteroatoms. The molecule has 1 aliphatic rings. The van der Waals surface area contributed by atoms with Gasteiger partial charge < -0.3 is 14.8 Å². The molecular formula is C16H25NO2S. The number of nitrogens with one attached hydrogen (secondary N) is 1. The summed E-state index contributed by atoms with van der Waals surface area (Å²) in [5, 5.41) is 4.23. The molecule has 0 saturated carbocycles. The van der Waals surface area contributed by atoms with E-state index in [1.165, 1.54) is 30.6 Å². The Morgan fingerprint density at radius 1 is 1.25 bits per heavy atom. The molecule has 1 saturated heterocycles. The second-order valence-electron chi connectivity index (χ2n) is 5.02. The highest BCUT2D eigenvalue weighted by Crippen LogP contribution is 2.42. The molecule has 0 spiro atoms. The molecule has 2 rings (SSSR count). The van der Waals surface area contributed by atoms with Crippen LogP contribution >= 0.6 is 11.8 Å². The zero-order chi connectivity index (χ0) is 14.4. The summed E-state index contributed by atoms with van der Waals surface area (Å²) in [7, 11) is 3.46. The molecule has 112 valence electrons. The molecule has 1 aromatic rings. The Labute approximate surface area is 126 Å². The van der Waals surface area contributed by atoms with Crippen LogP contribution in [-0.4, -0.2) is 31.8 Å². The van der Waals surface area contributed by atoms with Crippen LogP contribution in [0.15, 0.2) is 18.2 Å². The minimum absolute atomic E-state index is 0.288. The Kier molecular flexibility index (Phi) is 6.05. The van der Waals surface area contributed by atoms with E-state index in [-0.39, 0.29) is 6.04 Å². The lowest BCUT2D eigenvalue weighted by Crippen LogP contribution is -2.32. The Balaban J connectivity index is 2.36. The van der Waals surface area contributed by atoms with Crippen molar-refractivity contribution in [3.63, 3.8) is 0 Å². The largest absolute Gasteiger partial charge is 0.496 e. The van der Waals surface area contributed by atoms with Crippen LogP contribution in [0.25, 0.3) is 0 Å². The zero-order valence-electron chi connectivity index (χ0n) is 12.6. The van der Waals surface area contributed by atoms with Gasteiger partial charge in [-0.2, -0.15) is 11.8 Å². The predicted molar refractivity (Wildman–Crippen MR) is 86.1 cm³/mol. The monoisotopic (exact) mass is 295 g/mol. The van der Waals surface area contributed by atoms with E-state index in [9.17, 15) is 0 Å². The van der Waals surface area contributed by atoms with Gasteiger partial charge in [0.25, 0.3) is 0 Å². The third kappa shape index (κ3) is 3.41. The van der Waals surface area contributed by atoms with Crippen LogP contribution < -0.4 is 14.8 Å². The van der Waals surface area contributed by atoms with Gasteiger partial charge in [0.15, 0.2) is 0 Å². The molecule has 0 radical (unpaired) electrons. The summed E-state index contributed by atoms with van der Waals surface area (Å²) in [6, 6.07) is 6.32. The molecule has 0 aliphatic carbocycles. The molecule has 0 aromatic heterocycles. The first kappa shape index (κ1) is 15.5. The lowest BCUT2D eigenvalue weighted by molar-refractivity contribution is 0.366. The number of benzene rings is 1. The highest BCUT2D eigenvalue weighted by Gasteiger charge is 2.29. The number of thioether (sulfide) groups is 1. The van der Waals surface area contributed by atoms with E-state index in [1.807, 2.05) is 18.2 Å². The standard InChI is InChI=1S/C16H25NO2S/c1-4-17-16(14-10-5-6-11-20-14)15-12(18-2)8-7-9-13(15)19-3/h7-9,14,16-17H,4-6,10-11H2,1-3H3. The highest BCUT2D eigenvalue weighted by molar-refractivity contribution is 8.00. The van der Waals surface area contributed by atoms with E-state index in [4.69, 9.17) is 9.47 Å². The van der Waals surface area contributed by atoms with Gasteiger partial charge in [0.05, 0.1) is 25.8 Å². The average Bonchev–Trinajstić information content (AvgIpc) is 2.52. The smallest absolute Gasteiger partial charge is 0.127 e. The van der Waals surface area contributed by atoms with Gasteiger partial charge in [0, 0.05) is 5.25 Å². The van der Waals surface area contributed by atoms with Crippen LogP contribution in [0, 0.1) is 0 Å². The second kappa shape index (κ2) is 7.79. The third-order valence-electron chi connectivity index (χ3n) is 3.79. The van der Waals surface area contributed by atoms with Crippen LogP contribution in [0.1, 0.15) is 37.8 Å². The van der Waals surface area contributed by atoms with Crippen molar-refractivity contribution >= 4 is 11.8 Å². The van der Waals surface area contributed by atoms with Gasteiger partial charge >= 0.3 is 0 Å². The molecule has 1 aliphatic heterocycles. The summed E-state index contributed by atoms with van der Waals surface area (Å²) in [6.07, 6.45) is 3.91. The Morgan fingerprint density at radius 2 is 1.95 bits per heavy atom. The molecule has 20 heavy (non-hydrogen) atoms. The van der Waals surface area contributed by atoms with Crippen LogP contribution in [0.4, 0.5) is 0 Å². The van der Waals surface area contributed by atoms with Crippen molar-refractivity contribution in [1.82, 2.24) is 5.32 Å². The predicted octanol–water partition coefficient (Wildman–Crippen LogP) is 3.64. The maximum Gasteiger partial charge on any atom is 0.127 e. The van der Waals surface area contributed by atoms with Gasteiger partial charge in [-0.25, -0.2) is 0 Å². The molecular weight excluding hydrogens is 270 g/mol. The minimum atomic E-state index is 0.288. The first-order chi connectivity index (χ1) is 9.81. The Hall–Kier alpha value is -0.870. The molecule has 0 amide bonds. The molecule has 1 fully saturated rings. The topological polar surface area (TPSA) is 30.5 Å². The maximum atomic E-state index is 5.58. The van der Waals surface area contributed by atoms with Crippen LogP contribution in [0.5, 0.6) is 11.5 Å². The number of ether oxygens (including phenoxy) is 2. The van der Waals surface area contributed by atoms with Crippen molar-refractivity contribution in [2.75, 3.05) is 26.5 Å². The molecule has 3 nitrogen and oxygen atoms in total. The lowest BCUT2D eigenvalue weighted by atomic mass is 9.97. The first-order valence-electron chi connectivity index (χ1n) is 7.37. The number of hydrogen-bond acceptors (Lipinski definition) is 4. The molecule has 0 bridgehead atoms. The molecule has 2 unspecified atom stereocenters. The molecule has 2 atom stereocenters. The van der Waals surface area contributed by atoms with Gasteiger partial charge in [-0.15, -0.1) is 0 Å². The summed E-state index contributed by atoms with van der Waals surface area (Å²) in [5.41, 5.74) is 1.17. The Morgan fingerprint density at radius 3 is 2.45 bits per heavy atom. The molecule has 1 heterocycles. The maximum absolute atomic E-state index is 5.58. The fourth-order valence-corrected chi connectivity index (χ4v) is 4.29. The van der Waals surface area contributed by atoms with Crippen molar-refractivity contribution < 1.29 is 9.47 Å². The van der Waals surface area contributed by atoms with E-state index in [2.05, 4.69) is 24.0 Å². The lowest BCUT2D eigenvalue weighted by Gasteiger charge is -2.32. The second-order valence-corrected chi connectivity index (χ2v) is 6.36. The summed E-state index contributed by atoms with van der Waals surface area (Å²) in [6.45, 7) is 3.10. The van der Waals surface area contributed by atoms with Gasteiger partial charge in [-0.1, -0.05) is 19.4 Å². The van der Waals surface area contributed by atoms with Crippen molar-refractivity contribution in [2.45, 2.75) is 37.5 Å². The summed E-state index contributed by atoms with van der Waals surface area (Å²) in [5.74, 6) is 3.09. The van der Waals surface area contributed by atoms with Gasteiger partial charge in [-0.05, 0) is 37.3 Å². The average molecular weight is 295 g/mol. The van der Waals surface area contributed by atoms with Gasteiger partial charge in [0.2, 0.25) is 0 Å². The van der Waals surface area contributed by atoms with Crippen LogP contribution in [0.3, 0.4) is 0 Å². The van der Waals surface area contributed by atoms with Crippen molar-refractivity contribution in [3.8, 4) is 11.5 Å². The van der Waals surface area contributed by atoms with Gasteiger partial charge in [-0.3, -0.25) is 0 Å². The number of hydrogen-bond donors (Lipinski definition) is 1. The van der Waals surface area contributed by atoms with Crippen LogP contribution in [0.2, 0.25) is 0 Å². The van der Waals surface area contributed by atoms with Gasteiger partial charge in [0.1, 0.15) is 11.5 Å². The van der Waals surface area contributed by atoms with Crippen molar-refractivity contribution in [2.24, 2.45) is 0 Å². The quantitative estimate of drug-likeness (QED) is 0.868. The normalized spacial score (nSPS) is 20.4. The van der Waals surface area contributed by atoms with E-state index in [1.54, 1.807) is 14.2 Å². The molecule has 1 aromatic carbocycles. The summed E-state index contributed by atoms with van der Waals surface area (Å²) < 4.78 is 11.2. The van der Waals surface area contributed by atoms with Crippen molar-refractivity contribution in [3.05, 3.63) is 23.8 Å².